The van der Waals surface area contributed by atoms with Crippen molar-refractivity contribution in [2.45, 2.75) is 11.4 Å². The number of nitrogens with zero attached hydrogens (tertiary/aromatic N) is 2. The maximum Gasteiger partial charge on any atom is 0.262 e. The van der Waals surface area contributed by atoms with Gasteiger partial charge in [-0.25, -0.2) is 8.42 Å². The molecular weight excluding hydrogens is 382 g/mol. The minimum Gasteiger partial charge on any atom is -0.276 e. The van der Waals surface area contributed by atoms with E-state index in [0.29, 0.717) is 17.3 Å². The molecule has 0 spiro atoms. The highest BCUT2D eigenvalue weighted by atomic mass is 35.5. The van der Waals surface area contributed by atoms with E-state index in [4.69, 9.17) is 11.6 Å². The average molecular weight is 398 g/mol. The molecule has 7 heteroatoms. The van der Waals surface area contributed by atoms with Crippen LogP contribution >= 0.6 is 11.6 Å². The Morgan fingerprint density at radius 3 is 2.52 bits per heavy atom. The van der Waals surface area contributed by atoms with E-state index < -0.39 is 10.0 Å². The smallest absolute Gasteiger partial charge is 0.262 e. The summed E-state index contributed by atoms with van der Waals surface area (Å²) >= 11 is 6.16. The summed E-state index contributed by atoms with van der Waals surface area (Å²) in [5, 5.41) is 6.72. The summed E-state index contributed by atoms with van der Waals surface area (Å²) in [6.45, 7) is 0.456. The van der Waals surface area contributed by atoms with Gasteiger partial charge in [0.1, 0.15) is 0 Å². The van der Waals surface area contributed by atoms with Crippen molar-refractivity contribution in [1.29, 1.82) is 0 Å². The van der Waals surface area contributed by atoms with Crippen molar-refractivity contribution in [2.24, 2.45) is 0 Å². The fourth-order valence-electron chi connectivity index (χ4n) is 2.85. The molecule has 27 heavy (non-hydrogen) atoms. The quantitative estimate of drug-likeness (QED) is 0.537. The topological polar surface area (TPSA) is 64.0 Å². The predicted molar refractivity (Wildman–Crippen MR) is 108 cm³/mol. The van der Waals surface area contributed by atoms with Crippen LogP contribution < -0.4 is 4.72 Å². The number of hydrogen-bond donors (Lipinski definition) is 1. The molecule has 1 N–H and O–H groups in total. The molecule has 5 nitrogen and oxygen atoms in total. The second-order valence-corrected chi connectivity index (χ2v) is 8.22. The van der Waals surface area contributed by atoms with Crippen molar-refractivity contribution in [3.63, 3.8) is 0 Å². The van der Waals surface area contributed by atoms with Crippen molar-refractivity contribution in [2.75, 3.05) is 4.72 Å². The van der Waals surface area contributed by atoms with Gasteiger partial charge in [-0.15, -0.1) is 0 Å². The van der Waals surface area contributed by atoms with Crippen LogP contribution in [0.15, 0.2) is 84.0 Å². The minimum absolute atomic E-state index is 0.208. The van der Waals surface area contributed by atoms with Gasteiger partial charge >= 0.3 is 0 Å². The lowest BCUT2D eigenvalue weighted by Crippen LogP contribution is -2.12. The predicted octanol–water partition coefficient (Wildman–Crippen LogP) is 4.54. The molecule has 0 bridgehead atoms. The number of benzene rings is 3. The zero-order valence-corrected chi connectivity index (χ0v) is 15.8. The summed E-state index contributed by atoms with van der Waals surface area (Å²) in [6, 6.07) is 20.1. The van der Waals surface area contributed by atoms with E-state index >= 15 is 0 Å². The maximum absolute atomic E-state index is 12.7. The maximum atomic E-state index is 12.7. The highest BCUT2D eigenvalue weighted by molar-refractivity contribution is 7.92. The molecule has 3 aromatic carbocycles. The molecule has 0 unspecified atom stereocenters. The molecule has 0 saturated carbocycles. The molecule has 0 radical (unpaired) electrons. The molecule has 1 aromatic heterocycles. The number of halogens is 1. The van der Waals surface area contributed by atoms with Crippen molar-refractivity contribution in [3.8, 4) is 0 Å². The standard InChI is InChI=1S/C20H16ClN3O2S/c21-20-8-4-3-7-17(20)13-24-14-18(12-22-24)23-27(25,26)19-10-9-15-5-1-2-6-16(15)11-19/h1-12,14,23H,13H2. The van der Waals surface area contributed by atoms with Gasteiger partial charge in [0.25, 0.3) is 10.0 Å². The van der Waals surface area contributed by atoms with E-state index in [1.54, 1.807) is 29.1 Å². The van der Waals surface area contributed by atoms with Crippen molar-refractivity contribution < 1.29 is 8.42 Å². The van der Waals surface area contributed by atoms with Gasteiger partial charge in [-0.05, 0) is 34.5 Å². The zero-order chi connectivity index (χ0) is 18.9. The lowest BCUT2D eigenvalue weighted by atomic mass is 10.1. The van der Waals surface area contributed by atoms with E-state index in [0.717, 1.165) is 16.3 Å². The van der Waals surface area contributed by atoms with Gasteiger partial charge in [0.2, 0.25) is 0 Å². The van der Waals surface area contributed by atoms with Crippen LogP contribution in [-0.4, -0.2) is 18.2 Å². The Bertz CT molecular complexity index is 1220. The Hall–Kier alpha value is -2.83. The molecular formula is C20H16ClN3O2S. The second-order valence-electron chi connectivity index (χ2n) is 6.13. The van der Waals surface area contributed by atoms with Crippen LogP contribution in [0, 0.1) is 0 Å². The Labute approximate surface area is 162 Å². The van der Waals surface area contributed by atoms with E-state index in [1.807, 2.05) is 48.5 Å². The van der Waals surface area contributed by atoms with Crippen LogP contribution in [0.25, 0.3) is 10.8 Å². The Balaban J connectivity index is 1.56. The molecule has 0 aliphatic rings. The third-order valence-corrected chi connectivity index (χ3v) is 5.95. The Kier molecular flexibility index (Phi) is 4.59. The van der Waals surface area contributed by atoms with Crippen LogP contribution in [-0.2, 0) is 16.6 Å². The molecule has 0 amide bonds. The average Bonchev–Trinajstić information content (AvgIpc) is 3.09. The first-order valence-electron chi connectivity index (χ1n) is 8.29. The SMILES string of the molecule is O=S(=O)(Nc1cnn(Cc2ccccc2Cl)c1)c1ccc2ccccc2c1. The van der Waals surface area contributed by atoms with E-state index in [2.05, 4.69) is 9.82 Å². The largest absolute Gasteiger partial charge is 0.276 e. The summed E-state index contributed by atoms with van der Waals surface area (Å²) in [7, 11) is -3.70. The van der Waals surface area contributed by atoms with E-state index in [-0.39, 0.29) is 4.90 Å². The monoisotopic (exact) mass is 397 g/mol. The van der Waals surface area contributed by atoms with Crippen LogP contribution in [0.3, 0.4) is 0 Å². The minimum atomic E-state index is -3.70. The highest BCUT2D eigenvalue weighted by Crippen LogP contribution is 2.22. The fourth-order valence-corrected chi connectivity index (χ4v) is 4.11. The molecule has 0 atom stereocenters. The van der Waals surface area contributed by atoms with E-state index in [9.17, 15) is 8.42 Å². The normalized spacial score (nSPS) is 11.6. The lowest BCUT2D eigenvalue weighted by Gasteiger charge is -2.07. The van der Waals surface area contributed by atoms with Crippen LogP contribution in [0.2, 0.25) is 5.02 Å². The summed E-state index contributed by atoms with van der Waals surface area (Å²) in [6.07, 6.45) is 3.12. The van der Waals surface area contributed by atoms with Gasteiger partial charge in [-0.1, -0.05) is 60.1 Å². The van der Waals surface area contributed by atoms with Gasteiger partial charge in [-0.3, -0.25) is 9.40 Å². The summed E-state index contributed by atoms with van der Waals surface area (Å²) in [5.41, 5.74) is 1.31. The first-order chi connectivity index (χ1) is 13.0. The van der Waals surface area contributed by atoms with Crippen LogP contribution in [0.4, 0.5) is 5.69 Å². The van der Waals surface area contributed by atoms with Crippen LogP contribution in [0.1, 0.15) is 5.56 Å². The fraction of sp³-hybridized carbons (Fsp3) is 0.0500. The first kappa shape index (κ1) is 17.6. The first-order valence-corrected chi connectivity index (χ1v) is 10.1. The van der Waals surface area contributed by atoms with Crippen molar-refractivity contribution in [1.82, 2.24) is 9.78 Å². The van der Waals surface area contributed by atoms with Gasteiger partial charge in [0.15, 0.2) is 0 Å². The molecule has 0 aliphatic heterocycles. The molecule has 4 rings (SSSR count). The number of rotatable bonds is 5. The summed E-state index contributed by atoms with van der Waals surface area (Å²) in [4.78, 5) is 0.208. The highest BCUT2D eigenvalue weighted by Gasteiger charge is 2.16. The number of fused-ring (bicyclic) bond motifs is 1. The van der Waals surface area contributed by atoms with Gasteiger partial charge in [0, 0.05) is 11.2 Å². The van der Waals surface area contributed by atoms with Crippen molar-refractivity contribution >= 4 is 38.1 Å². The molecule has 0 aliphatic carbocycles. The van der Waals surface area contributed by atoms with Gasteiger partial charge in [0.05, 0.1) is 23.3 Å². The molecule has 4 aromatic rings. The Morgan fingerprint density at radius 1 is 0.963 bits per heavy atom. The molecule has 0 fully saturated rings. The summed E-state index contributed by atoms with van der Waals surface area (Å²) < 4.78 is 29.6. The number of sulfonamides is 1. The third kappa shape index (κ3) is 3.82. The third-order valence-electron chi connectivity index (χ3n) is 4.21. The van der Waals surface area contributed by atoms with Gasteiger partial charge in [-0.2, -0.15) is 5.10 Å². The molecule has 136 valence electrons. The second kappa shape index (κ2) is 7.06. The van der Waals surface area contributed by atoms with Gasteiger partial charge < -0.3 is 0 Å². The Morgan fingerprint density at radius 2 is 1.70 bits per heavy atom. The van der Waals surface area contributed by atoms with Crippen molar-refractivity contribution in [3.05, 3.63) is 89.7 Å². The number of hydrogen-bond acceptors (Lipinski definition) is 3. The van der Waals surface area contributed by atoms with Crippen LogP contribution in [0.5, 0.6) is 0 Å². The zero-order valence-electron chi connectivity index (χ0n) is 14.2. The number of nitrogens with one attached hydrogen (secondary N) is 1. The number of anilines is 1. The molecule has 0 saturated heterocycles. The van der Waals surface area contributed by atoms with E-state index in [1.165, 1.54) is 6.20 Å². The summed E-state index contributed by atoms with van der Waals surface area (Å²) in [5.74, 6) is 0. The number of aromatic nitrogens is 2. The lowest BCUT2D eigenvalue weighted by molar-refractivity contribution is 0.601. The molecule has 1 heterocycles.